The van der Waals surface area contributed by atoms with Gasteiger partial charge in [0.1, 0.15) is 0 Å². The van der Waals surface area contributed by atoms with Gasteiger partial charge in [0, 0.05) is 15.7 Å². The van der Waals surface area contributed by atoms with Crippen molar-refractivity contribution >= 4 is 16.4 Å². The summed E-state index contributed by atoms with van der Waals surface area (Å²) in [4.78, 5) is 9.82. The fourth-order valence-corrected chi connectivity index (χ4v) is 5.30. The van der Waals surface area contributed by atoms with E-state index in [1.165, 1.54) is 19.0 Å². The highest BCUT2D eigenvalue weighted by Crippen LogP contribution is 2.09. The van der Waals surface area contributed by atoms with Gasteiger partial charge in [-0.05, 0) is 58.2 Å². The van der Waals surface area contributed by atoms with Gasteiger partial charge < -0.3 is 26.9 Å². The topological polar surface area (TPSA) is 96.3 Å². The van der Waals surface area contributed by atoms with Crippen molar-refractivity contribution < 1.29 is 6.22 Å². The molecule has 0 rings (SSSR count). The lowest BCUT2D eigenvalue weighted by molar-refractivity contribution is 0.520. The summed E-state index contributed by atoms with van der Waals surface area (Å²) in [6.45, 7) is 13.0. The second-order valence-electron chi connectivity index (χ2n) is 7.20. The maximum absolute atomic E-state index is 9.82. The third kappa shape index (κ3) is 39.8. The van der Waals surface area contributed by atoms with Gasteiger partial charge in [0.25, 0.3) is 0 Å². The molecule has 0 aromatic rings. The molecule has 0 heterocycles. The molecule has 1 unspecified atom stereocenters. The second-order valence-corrected chi connectivity index (χ2v) is 16.8. The number of hydrogen-bond acceptors (Lipinski definition) is 5. The van der Waals surface area contributed by atoms with Crippen molar-refractivity contribution in [2.75, 3.05) is 39.4 Å². The Morgan fingerprint density at radius 1 is 0.857 bits per heavy atom. The van der Waals surface area contributed by atoms with E-state index in [9.17, 15) is 4.80 Å². The molecule has 0 aliphatic heterocycles. The van der Waals surface area contributed by atoms with Gasteiger partial charge in [-0.1, -0.05) is 32.6 Å². The standard InChI is InChI=1S/C9H24N2Si.C6H18N2OSi.3C2H2.H2/c1-12(2,3)9-5-8-11-7-4-6-10;1-3-10(9,5-4-7)6-8-2;3*1-2;/h11H,4-10H2,1-3H3;8-9H,3-7H2,1-2H3;3*1-2H;1H. The Morgan fingerprint density at radius 3 is 1.64 bits per heavy atom. The monoisotopic (exact) mass is 430 g/mol. The smallest absolute Gasteiger partial charge is 0.203 e. The Hall–Kier alpha value is -1.09. The zero-order valence-electron chi connectivity index (χ0n) is 19.1. The first-order chi connectivity index (χ1) is 13.2. The van der Waals surface area contributed by atoms with Gasteiger partial charge in [-0.25, -0.2) is 0 Å². The molecule has 0 amide bonds. The number of nitrogens with two attached hydrogens (primary N) is 2. The zero-order valence-corrected chi connectivity index (χ0v) is 21.1. The van der Waals surface area contributed by atoms with Crippen LogP contribution in [0.1, 0.15) is 21.2 Å². The van der Waals surface area contributed by atoms with Crippen LogP contribution in [0.25, 0.3) is 0 Å². The molecule has 0 aromatic heterocycles. The van der Waals surface area contributed by atoms with Crippen LogP contribution in [0.15, 0.2) is 0 Å². The minimum Gasteiger partial charge on any atom is -0.430 e. The molecule has 0 saturated heterocycles. The summed E-state index contributed by atoms with van der Waals surface area (Å²) in [5, 5.41) is 6.40. The largest absolute Gasteiger partial charge is 0.430 e. The molecule has 0 saturated carbocycles. The maximum Gasteiger partial charge on any atom is 0.203 e. The Labute approximate surface area is 180 Å². The quantitative estimate of drug-likeness (QED) is 0.186. The SMILES string of the molecule is C#C.C#C.C#C.CC[Si](O)(CCN)CNC.C[Si](C)(C)CCCNCCCN.[HH]. The van der Waals surface area contributed by atoms with Gasteiger partial charge >= 0.3 is 0 Å². The third-order valence-electron chi connectivity index (χ3n) is 3.61. The van der Waals surface area contributed by atoms with Crippen molar-refractivity contribution in [1.29, 1.82) is 0 Å². The molecule has 0 radical (unpaired) electrons. The van der Waals surface area contributed by atoms with E-state index >= 15 is 0 Å². The van der Waals surface area contributed by atoms with Crippen molar-refractivity contribution in [3.05, 3.63) is 0 Å². The Morgan fingerprint density at radius 2 is 1.32 bits per heavy atom. The van der Waals surface area contributed by atoms with Crippen LogP contribution in [0, 0.1) is 38.5 Å². The molecule has 28 heavy (non-hydrogen) atoms. The van der Waals surface area contributed by atoms with Crippen molar-refractivity contribution in [1.82, 2.24) is 10.6 Å². The minimum absolute atomic E-state index is 0. The second kappa shape index (κ2) is 30.6. The van der Waals surface area contributed by atoms with E-state index in [-0.39, 0.29) is 1.43 Å². The summed E-state index contributed by atoms with van der Waals surface area (Å²) < 4.78 is 0. The number of terminal acetylenes is 3. The lowest BCUT2D eigenvalue weighted by atomic mass is 10.4. The summed E-state index contributed by atoms with van der Waals surface area (Å²) in [5.74, 6) is 0. The van der Waals surface area contributed by atoms with Crippen LogP contribution in [-0.2, 0) is 0 Å². The molecular weight excluding hydrogens is 380 g/mol. The molecule has 168 valence electrons. The predicted octanol–water partition coefficient (Wildman–Crippen LogP) is 2.31. The van der Waals surface area contributed by atoms with E-state index in [0.717, 1.165) is 37.8 Å². The Kier molecular flexibility index (Phi) is 41.2. The van der Waals surface area contributed by atoms with Gasteiger partial charge in [0.2, 0.25) is 8.32 Å². The normalized spacial score (nSPS) is 11.4. The molecule has 0 spiro atoms. The van der Waals surface area contributed by atoms with Crippen LogP contribution in [0.5, 0.6) is 0 Å². The summed E-state index contributed by atoms with van der Waals surface area (Å²) in [6, 6.07) is 3.14. The lowest BCUT2D eigenvalue weighted by Crippen LogP contribution is -2.45. The lowest BCUT2D eigenvalue weighted by Gasteiger charge is -2.21. The number of rotatable bonds is 12. The average molecular weight is 431 g/mol. The van der Waals surface area contributed by atoms with Crippen molar-refractivity contribution in [3.63, 3.8) is 0 Å². The average Bonchev–Trinajstić information content (AvgIpc) is 2.69. The summed E-state index contributed by atoms with van der Waals surface area (Å²) in [7, 11) is -0.885. The Balaban J connectivity index is -0.0000000708. The molecule has 1 atom stereocenters. The molecule has 0 aliphatic rings. The van der Waals surface area contributed by atoms with Crippen molar-refractivity contribution in [3.8, 4) is 38.5 Å². The fourth-order valence-electron chi connectivity index (χ4n) is 2.08. The summed E-state index contributed by atoms with van der Waals surface area (Å²) in [5.41, 5.74) is 10.7. The minimum atomic E-state index is -1.96. The van der Waals surface area contributed by atoms with Gasteiger partial charge in [0.05, 0.1) is 0 Å². The first kappa shape index (κ1) is 37.6. The maximum atomic E-state index is 9.82. The first-order valence-corrected chi connectivity index (χ1v) is 16.0. The fraction of sp³-hybridized carbons (Fsp3) is 0.714. The van der Waals surface area contributed by atoms with Crippen LogP contribution >= 0.6 is 0 Å². The van der Waals surface area contributed by atoms with Crippen LogP contribution in [-0.4, -0.2) is 60.6 Å². The number of hydrogen-bond donors (Lipinski definition) is 5. The van der Waals surface area contributed by atoms with E-state index in [1.807, 2.05) is 14.0 Å². The number of nitrogens with one attached hydrogen (secondary N) is 2. The first-order valence-electron chi connectivity index (χ1n) is 9.72. The highest BCUT2D eigenvalue weighted by Gasteiger charge is 2.26. The highest BCUT2D eigenvalue weighted by atomic mass is 28.4. The van der Waals surface area contributed by atoms with E-state index in [0.29, 0.717) is 6.54 Å². The molecular formula is C21H50N4OSi2. The molecule has 0 bridgehead atoms. The molecule has 5 nitrogen and oxygen atoms in total. The molecule has 7 heteroatoms. The van der Waals surface area contributed by atoms with E-state index in [4.69, 9.17) is 11.5 Å². The van der Waals surface area contributed by atoms with Crippen molar-refractivity contribution in [2.45, 2.75) is 57.5 Å². The van der Waals surface area contributed by atoms with Crippen LogP contribution < -0.4 is 22.1 Å². The van der Waals surface area contributed by atoms with Crippen LogP contribution in [0.3, 0.4) is 0 Å². The molecule has 0 fully saturated rings. The van der Waals surface area contributed by atoms with E-state index < -0.39 is 16.4 Å². The van der Waals surface area contributed by atoms with Crippen LogP contribution in [0.4, 0.5) is 0 Å². The molecule has 0 aliphatic carbocycles. The van der Waals surface area contributed by atoms with Gasteiger partial charge in [0.15, 0.2) is 0 Å². The zero-order chi connectivity index (χ0) is 23.5. The highest BCUT2D eigenvalue weighted by molar-refractivity contribution is 6.76. The summed E-state index contributed by atoms with van der Waals surface area (Å²) in [6.07, 6.45) is 27.2. The Bertz CT molecular complexity index is 326. The van der Waals surface area contributed by atoms with Gasteiger partial charge in [-0.15, -0.1) is 38.5 Å². The van der Waals surface area contributed by atoms with Gasteiger partial charge in [-0.3, -0.25) is 0 Å². The third-order valence-corrected chi connectivity index (χ3v) is 9.01. The predicted molar refractivity (Wildman–Crippen MR) is 137 cm³/mol. The van der Waals surface area contributed by atoms with Crippen LogP contribution in [0.2, 0.25) is 37.8 Å². The molecule has 7 N–H and O–H groups in total. The van der Waals surface area contributed by atoms with E-state index in [1.54, 1.807) is 0 Å². The summed E-state index contributed by atoms with van der Waals surface area (Å²) >= 11 is 0. The van der Waals surface area contributed by atoms with Gasteiger partial charge in [-0.2, -0.15) is 0 Å². The van der Waals surface area contributed by atoms with E-state index in [2.05, 4.69) is 68.8 Å². The molecule has 0 aromatic carbocycles. The van der Waals surface area contributed by atoms with Crippen molar-refractivity contribution in [2.24, 2.45) is 11.5 Å².